The molecule has 1 atom stereocenters. The first kappa shape index (κ1) is 11.1. The predicted octanol–water partition coefficient (Wildman–Crippen LogP) is 3.31. The lowest BCUT2D eigenvalue weighted by atomic mass is 9.96. The molecule has 2 rings (SSSR count). The first-order valence-corrected chi connectivity index (χ1v) is 5.69. The van der Waals surface area contributed by atoms with E-state index < -0.39 is 6.10 Å². The van der Waals surface area contributed by atoms with Gasteiger partial charge in [-0.25, -0.2) is 0 Å². The average molecular weight is 215 g/mol. The summed E-state index contributed by atoms with van der Waals surface area (Å²) in [6, 6.07) is 7.99. The van der Waals surface area contributed by atoms with E-state index in [-0.39, 0.29) is 0 Å². The summed E-state index contributed by atoms with van der Waals surface area (Å²) in [5.41, 5.74) is 0.985. The van der Waals surface area contributed by atoms with Gasteiger partial charge < -0.3 is 5.11 Å². The van der Waals surface area contributed by atoms with Crippen molar-refractivity contribution in [2.75, 3.05) is 0 Å². The monoisotopic (exact) mass is 215 g/mol. The first-order valence-electron chi connectivity index (χ1n) is 5.69. The summed E-state index contributed by atoms with van der Waals surface area (Å²) < 4.78 is 0. The average Bonchev–Trinajstić information content (AvgIpc) is 2.27. The molecule has 2 aromatic rings. The van der Waals surface area contributed by atoms with Crippen LogP contribution < -0.4 is 0 Å². The van der Waals surface area contributed by atoms with Crippen molar-refractivity contribution in [2.24, 2.45) is 5.92 Å². The molecule has 1 heterocycles. The highest BCUT2D eigenvalue weighted by Crippen LogP contribution is 2.27. The fourth-order valence-electron chi connectivity index (χ4n) is 2.00. The van der Waals surface area contributed by atoms with E-state index in [1.165, 1.54) is 0 Å². The molecule has 16 heavy (non-hydrogen) atoms. The molecule has 1 unspecified atom stereocenters. The second kappa shape index (κ2) is 4.62. The first-order chi connectivity index (χ1) is 7.68. The van der Waals surface area contributed by atoms with Crippen LogP contribution in [0, 0.1) is 5.92 Å². The van der Waals surface area contributed by atoms with Crippen molar-refractivity contribution >= 4 is 10.8 Å². The summed E-state index contributed by atoms with van der Waals surface area (Å²) in [6.45, 7) is 4.24. The van der Waals surface area contributed by atoms with Crippen molar-refractivity contribution in [3.63, 3.8) is 0 Å². The zero-order valence-corrected chi connectivity index (χ0v) is 9.72. The SMILES string of the molecule is CC(C)CC(O)c1cccc2ccncc12. The largest absolute Gasteiger partial charge is 0.388 e. The molecule has 84 valence electrons. The number of aliphatic hydroxyl groups excluding tert-OH is 1. The molecular formula is C14H17NO. The minimum Gasteiger partial charge on any atom is -0.388 e. The standard InChI is InChI=1S/C14H17NO/c1-10(2)8-14(16)12-5-3-4-11-6-7-15-9-13(11)12/h3-7,9-10,14,16H,8H2,1-2H3. The minimum absolute atomic E-state index is 0.395. The molecule has 1 N–H and O–H groups in total. The lowest BCUT2D eigenvalue weighted by Gasteiger charge is -2.15. The maximum absolute atomic E-state index is 10.2. The number of hydrogen-bond acceptors (Lipinski definition) is 2. The highest BCUT2D eigenvalue weighted by molar-refractivity contribution is 5.85. The number of fused-ring (bicyclic) bond motifs is 1. The zero-order chi connectivity index (χ0) is 11.5. The Morgan fingerprint density at radius 2 is 2.06 bits per heavy atom. The molecule has 0 aliphatic carbocycles. The molecule has 0 amide bonds. The molecule has 0 aliphatic rings. The highest BCUT2D eigenvalue weighted by Gasteiger charge is 2.12. The van der Waals surface area contributed by atoms with Gasteiger partial charge in [-0.1, -0.05) is 32.0 Å². The van der Waals surface area contributed by atoms with Crippen LogP contribution in [0.15, 0.2) is 36.7 Å². The van der Waals surface area contributed by atoms with Gasteiger partial charge in [-0.3, -0.25) is 4.98 Å². The van der Waals surface area contributed by atoms with Gasteiger partial charge in [0.15, 0.2) is 0 Å². The Morgan fingerprint density at radius 3 is 2.81 bits per heavy atom. The molecular weight excluding hydrogens is 198 g/mol. The lowest BCUT2D eigenvalue weighted by Crippen LogP contribution is -2.02. The van der Waals surface area contributed by atoms with E-state index in [2.05, 4.69) is 18.8 Å². The Kier molecular flexibility index (Phi) is 3.20. The molecule has 2 nitrogen and oxygen atoms in total. The van der Waals surface area contributed by atoms with Gasteiger partial charge in [-0.2, -0.15) is 0 Å². The molecule has 2 heteroatoms. The second-order valence-electron chi connectivity index (χ2n) is 4.59. The van der Waals surface area contributed by atoms with Crippen molar-refractivity contribution in [2.45, 2.75) is 26.4 Å². The molecule has 0 bridgehead atoms. The summed E-state index contributed by atoms with van der Waals surface area (Å²) in [7, 11) is 0. The number of benzene rings is 1. The van der Waals surface area contributed by atoms with Gasteiger partial charge in [0.25, 0.3) is 0 Å². The van der Waals surface area contributed by atoms with Crippen LogP contribution in [0.4, 0.5) is 0 Å². The van der Waals surface area contributed by atoms with Crippen LogP contribution in [0.3, 0.4) is 0 Å². The van der Waals surface area contributed by atoms with Crippen molar-refractivity contribution in [1.29, 1.82) is 0 Å². The van der Waals surface area contributed by atoms with Crippen LogP contribution >= 0.6 is 0 Å². The van der Waals surface area contributed by atoms with Crippen LogP contribution in [-0.2, 0) is 0 Å². The normalized spacial score (nSPS) is 13.2. The van der Waals surface area contributed by atoms with Gasteiger partial charge in [0.05, 0.1) is 6.10 Å². The molecule has 1 aromatic carbocycles. The van der Waals surface area contributed by atoms with Crippen molar-refractivity contribution in [1.82, 2.24) is 4.98 Å². The number of pyridine rings is 1. The van der Waals surface area contributed by atoms with E-state index in [0.29, 0.717) is 5.92 Å². The van der Waals surface area contributed by atoms with Crippen molar-refractivity contribution < 1.29 is 5.11 Å². The van der Waals surface area contributed by atoms with E-state index in [4.69, 9.17) is 0 Å². The van der Waals surface area contributed by atoms with Crippen LogP contribution in [0.2, 0.25) is 0 Å². The van der Waals surface area contributed by atoms with Gasteiger partial charge in [-0.15, -0.1) is 0 Å². The molecule has 0 spiro atoms. The second-order valence-corrected chi connectivity index (χ2v) is 4.59. The lowest BCUT2D eigenvalue weighted by molar-refractivity contribution is 0.152. The zero-order valence-electron chi connectivity index (χ0n) is 9.72. The van der Waals surface area contributed by atoms with Gasteiger partial charge in [0, 0.05) is 17.8 Å². The summed E-state index contributed by atoms with van der Waals surface area (Å²) in [4.78, 5) is 4.12. The van der Waals surface area contributed by atoms with Gasteiger partial charge >= 0.3 is 0 Å². The van der Waals surface area contributed by atoms with Crippen molar-refractivity contribution in [3.8, 4) is 0 Å². The molecule has 0 saturated heterocycles. The maximum Gasteiger partial charge on any atom is 0.0799 e. The van der Waals surface area contributed by atoms with Gasteiger partial charge in [-0.05, 0) is 29.4 Å². The summed E-state index contributed by atoms with van der Waals surface area (Å²) in [5, 5.41) is 12.3. The van der Waals surface area contributed by atoms with E-state index in [9.17, 15) is 5.11 Å². The third-order valence-electron chi connectivity index (χ3n) is 2.77. The van der Waals surface area contributed by atoms with Gasteiger partial charge in [0.2, 0.25) is 0 Å². The summed E-state index contributed by atoms with van der Waals surface area (Å²) in [5.74, 6) is 0.488. The Bertz CT molecular complexity index is 474. The van der Waals surface area contributed by atoms with E-state index in [1.54, 1.807) is 6.20 Å². The Balaban J connectivity index is 2.44. The van der Waals surface area contributed by atoms with E-state index in [0.717, 1.165) is 22.8 Å². The van der Waals surface area contributed by atoms with Crippen LogP contribution in [0.25, 0.3) is 10.8 Å². The minimum atomic E-state index is -0.395. The number of aliphatic hydroxyl groups is 1. The predicted molar refractivity (Wildman–Crippen MR) is 66.2 cm³/mol. The smallest absolute Gasteiger partial charge is 0.0799 e. The van der Waals surface area contributed by atoms with Crippen LogP contribution in [0.5, 0.6) is 0 Å². The van der Waals surface area contributed by atoms with Crippen molar-refractivity contribution in [3.05, 3.63) is 42.2 Å². The Labute approximate surface area is 96.0 Å². The third kappa shape index (κ3) is 2.22. The maximum atomic E-state index is 10.2. The number of nitrogens with zero attached hydrogens (tertiary/aromatic N) is 1. The molecule has 0 fully saturated rings. The number of rotatable bonds is 3. The topological polar surface area (TPSA) is 33.1 Å². The quantitative estimate of drug-likeness (QED) is 0.852. The van der Waals surface area contributed by atoms with Crippen LogP contribution in [-0.4, -0.2) is 10.1 Å². The molecule has 0 saturated carbocycles. The molecule has 0 aliphatic heterocycles. The van der Waals surface area contributed by atoms with Gasteiger partial charge in [0.1, 0.15) is 0 Å². The third-order valence-corrected chi connectivity index (χ3v) is 2.77. The summed E-state index contributed by atoms with van der Waals surface area (Å²) in [6.07, 6.45) is 4.00. The fraction of sp³-hybridized carbons (Fsp3) is 0.357. The Morgan fingerprint density at radius 1 is 1.25 bits per heavy atom. The molecule has 0 radical (unpaired) electrons. The molecule has 1 aromatic heterocycles. The van der Waals surface area contributed by atoms with Crippen LogP contribution in [0.1, 0.15) is 31.9 Å². The summed E-state index contributed by atoms with van der Waals surface area (Å²) >= 11 is 0. The van der Waals surface area contributed by atoms with E-state index in [1.807, 2.05) is 30.5 Å². The van der Waals surface area contributed by atoms with E-state index >= 15 is 0 Å². The Hall–Kier alpha value is -1.41. The number of hydrogen-bond donors (Lipinski definition) is 1. The number of aromatic nitrogens is 1. The fourth-order valence-corrected chi connectivity index (χ4v) is 2.00. The highest BCUT2D eigenvalue weighted by atomic mass is 16.3.